The van der Waals surface area contributed by atoms with Crippen LogP contribution in [0.1, 0.15) is 57.1 Å². The van der Waals surface area contributed by atoms with Gasteiger partial charge >= 0.3 is 0 Å². The molecule has 348 valence electrons. The standard InChI is InChI=1S/C14H12ClN3O3S2.C14H12ClN3OS2.C13H14ClN3OS2.7H2/c1-3-23(20,21)14-17-12-11(22-14)13(19)18(7-16-12)10-5-4-8(2)6-9(10)15;1-3-20-14-17-12-11(21-14)13(19)18(7-16-12)10-5-4-8(2)6-9(10)15;1-3-19-13-17-11(15)10(20-13)12(18)16-9-5-4-7(2)6-8(9)14;;;;;;;/h4-7H,3H2,1-2H3;4-7H,3H2,1-2H3;4-6H,3,15H2,1-2H3,(H,16,18);7*1H. The molecule has 64 heavy (non-hydrogen) atoms. The van der Waals surface area contributed by atoms with Gasteiger partial charge in [0.15, 0.2) is 20.0 Å². The first-order chi connectivity index (χ1) is 30.4. The fourth-order valence-corrected chi connectivity index (χ4v) is 12.5. The molecule has 0 aliphatic carbocycles. The fraction of sp³-hybridized carbons (Fsp3) is 0.220. The van der Waals surface area contributed by atoms with Gasteiger partial charge in [0.25, 0.3) is 17.0 Å². The Kier molecular flexibility index (Phi) is 16.3. The topological polar surface area (TPSA) is 198 Å². The van der Waals surface area contributed by atoms with Crippen LogP contribution in [-0.2, 0) is 9.84 Å². The zero-order chi connectivity index (χ0) is 46.5. The van der Waals surface area contributed by atoms with Crippen LogP contribution in [0.4, 0.5) is 11.5 Å². The number of nitrogen functional groups attached to an aromatic ring is 1. The van der Waals surface area contributed by atoms with Crippen molar-refractivity contribution in [3.63, 3.8) is 0 Å². The Morgan fingerprint density at radius 3 is 1.70 bits per heavy atom. The number of hydrogen-bond acceptors (Lipinski definition) is 16. The van der Waals surface area contributed by atoms with E-state index in [2.05, 4.69) is 37.2 Å². The molecule has 3 aromatic carbocycles. The number of halogens is 3. The predicted molar refractivity (Wildman–Crippen MR) is 282 cm³/mol. The third-order valence-electron chi connectivity index (χ3n) is 8.72. The van der Waals surface area contributed by atoms with E-state index in [1.807, 2.05) is 58.0 Å². The van der Waals surface area contributed by atoms with Gasteiger partial charge in [0.05, 0.1) is 37.9 Å². The van der Waals surface area contributed by atoms with Crippen molar-refractivity contribution in [2.24, 2.45) is 0 Å². The minimum absolute atomic E-state index is 0. The first-order valence-corrected chi connectivity index (χ1v) is 26.3. The van der Waals surface area contributed by atoms with Crippen molar-refractivity contribution >= 4 is 140 Å². The SMILES string of the molecule is CCS(=O)(=O)c1nc2ncn(-c3ccc(C)cc3Cl)c(=O)c2s1.CCSc1nc(N)c(C(=O)Nc2ccc(C)cc2Cl)s1.CCSc1nc2ncn(-c3ccc(C)cc3Cl)c(=O)c2s1.[HH].[HH].[HH].[HH].[HH].[HH].[HH]. The largest absolute Gasteiger partial charge is 0.382 e. The molecule has 8 rings (SSSR count). The van der Waals surface area contributed by atoms with Gasteiger partial charge in [-0.3, -0.25) is 23.5 Å². The molecular formula is C41H52Cl3N9O5S6. The molecule has 5 heterocycles. The molecular weight excluding hydrogens is 997 g/mol. The summed E-state index contributed by atoms with van der Waals surface area (Å²) < 4.78 is 28.9. The fourth-order valence-electron chi connectivity index (χ4n) is 5.55. The number of rotatable bonds is 10. The smallest absolute Gasteiger partial charge is 0.277 e. The maximum atomic E-state index is 12.6. The summed E-state index contributed by atoms with van der Waals surface area (Å²) in [6.07, 6.45) is 2.80. The number of carbonyl (C=O) groups is 1. The molecule has 23 heteroatoms. The van der Waals surface area contributed by atoms with Crippen LogP contribution >= 0.6 is 92.3 Å². The summed E-state index contributed by atoms with van der Waals surface area (Å²) in [4.78, 5) is 58.7. The quantitative estimate of drug-likeness (QED) is 0.123. The van der Waals surface area contributed by atoms with Crippen molar-refractivity contribution in [2.45, 2.75) is 54.6 Å². The van der Waals surface area contributed by atoms with E-state index in [0.29, 0.717) is 47.4 Å². The number of nitrogens with two attached hydrogens (primary N) is 1. The molecule has 0 unspecified atom stereocenters. The number of thiazole rings is 3. The third kappa shape index (κ3) is 11.3. The predicted octanol–water partition coefficient (Wildman–Crippen LogP) is 12.3. The third-order valence-corrected chi connectivity index (χ3v) is 17.0. The van der Waals surface area contributed by atoms with Crippen molar-refractivity contribution < 1.29 is 23.2 Å². The van der Waals surface area contributed by atoms with E-state index < -0.39 is 15.4 Å². The number of aromatic nitrogens is 7. The van der Waals surface area contributed by atoms with Gasteiger partial charge in [0.2, 0.25) is 14.2 Å². The van der Waals surface area contributed by atoms with E-state index in [-0.39, 0.29) is 47.7 Å². The Labute approximate surface area is 413 Å². The van der Waals surface area contributed by atoms with Crippen molar-refractivity contribution in [3.8, 4) is 11.4 Å². The van der Waals surface area contributed by atoms with E-state index in [0.717, 1.165) is 48.2 Å². The molecule has 0 saturated carbocycles. The van der Waals surface area contributed by atoms with Crippen molar-refractivity contribution in [1.29, 1.82) is 0 Å². The molecule has 14 nitrogen and oxygen atoms in total. The van der Waals surface area contributed by atoms with Crippen LogP contribution < -0.4 is 22.2 Å². The zero-order valence-electron chi connectivity index (χ0n) is 34.8. The highest BCUT2D eigenvalue weighted by Crippen LogP contribution is 2.31. The summed E-state index contributed by atoms with van der Waals surface area (Å²) in [5, 5.41) is 4.21. The minimum atomic E-state index is -3.47. The number of sulfone groups is 1. The molecule has 3 N–H and O–H groups in total. The Morgan fingerprint density at radius 1 is 0.719 bits per heavy atom. The van der Waals surface area contributed by atoms with E-state index in [1.165, 1.54) is 51.4 Å². The lowest BCUT2D eigenvalue weighted by molar-refractivity contribution is 0.103. The molecule has 0 spiro atoms. The number of nitrogens with zero attached hydrogens (tertiary/aromatic N) is 7. The molecule has 0 atom stereocenters. The van der Waals surface area contributed by atoms with Crippen molar-refractivity contribution in [1.82, 2.24) is 34.1 Å². The molecule has 0 saturated heterocycles. The summed E-state index contributed by atoms with van der Waals surface area (Å²) >= 11 is 25.2. The van der Waals surface area contributed by atoms with Gasteiger partial charge in [-0.05, 0) is 85.4 Å². The monoisotopic (exact) mass is 1050 g/mol. The van der Waals surface area contributed by atoms with E-state index >= 15 is 0 Å². The lowest BCUT2D eigenvalue weighted by Gasteiger charge is -2.07. The van der Waals surface area contributed by atoms with Crippen LogP contribution in [0.2, 0.25) is 15.1 Å². The molecule has 8 aromatic rings. The highest BCUT2D eigenvalue weighted by atomic mass is 35.5. The van der Waals surface area contributed by atoms with Crippen LogP contribution in [0, 0.1) is 20.8 Å². The molecule has 0 aliphatic heterocycles. The maximum Gasteiger partial charge on any atom is 0.277 e. The number of thioether (sulfide) groups is 2. The lowest BCUT2D eigenvalue weighted by Crippen LogP contribution is -2.18. The lowest BCUT2D eigenvalue weighted by atomic mass is 10.2. The average Bonchev–Trinajstić information content (AvgIpc) is 3.98. The number of nitrogens with one attached hydrogen (secondary N) is 1. The van der Waals surface area contributed by atoms with Crippen molar-refractivity contribution in [2.75, 3.05) is 28.3 Å². The molecule has 5 aromatic heterocycles. The van der Waals surface area contributed by atoms with Crippen LogP contribution in [0.5, 0.6) is 0 Å². The Balaban J connectivity index is 0. The molecule has 0 bridgehead atoms. The molecule has 0 radical (unpaired) electrons. The summed E-state index contributed by atoms with van der Waals surface area (Å²) in [7, 11) is -3.47. The second kappa shape index (κ2) is 21.3. The zero-order valence-corrected chi connectivity index (χ0v) is 42.0. The number of benzene rings is 3. The van der Waals surface area contributed by atoms with Crippen LogP contribution in [-0.4, -0.2) is 65.6 Å². The number of amides is 1. The summed E-state index contributed by atoms with van der Waals surface area (Å²) in [5.41, 5.74) is 10.6. The minimum Gasteiger partial charge on any atom is -0.382 e. The van der Waals surface area contributed by atoms with Gasteiger partial charge in [0.1, 0.15) is 32.7 Å². The summed E-state index contributed by atoms with van der Waals surface area (Å²) in [6.45, 7) is 11.4. The van der Waals surface area contributed by atoms with E-state index in [1.54, 1.807) is 47.8 Å². The normalized spacial score (nSPS) is 11.3. The highest BCUT2D eigenvalue weighted by Gasteiger charge is 2.21. The van der Waals surface area contributed by atoms with Crippen molar-refractivity contribution in [3.05, 3.63) is 125 Å². The molecule has 0 fully saturated rings. The van der Waals surface area contributed by atoms with Gasteiger partial charge in [-0.1, -0.05) is 109 Å². The number of aryl methyl sites for hydroxylation is 3. The first-order valence-electron chi connectivity index (χ1n) is 19.1. The first kappa shape index (κ1) is 49.1. The Hall–Kier alpha value is -4.38. The van der Waals surface area contributed by atoms with Gasteiger partial charge < -0.3 is 11.1 Å². The molecule has 0 aliphatic rings. The van der Waals surface area contributed by atoms with E-state index in [4.69, 9.17) is 40.5 Å². The summed E-state index contributed by atoms with van der Waals surface area (Å²) in [6, 6.07) is 16.3. The average molecular weight is 1050 g/mol. The number of carbonyl (C=O) groups excluding carboxylic acids is 1. The van der Waals surface area contributed by atoms with Gasteiger partial charge in [-0.2, -0.15) is 0 Å². The van der Waals surface area contributed by atoms with Gasteiger partial charge in [0, 0.05) is 9.99 Å². The van der Waals surface area contributed by atoms with Crippen LogP contribution in [0.15, 0.2) is 89.9 Å². The summed E-state index contributed by atoms with van der Waals surface area (Å²) in [5.74, 6) is 1.70. The van der Waals surface area contributed by atoms with Crippen LogP contribution in [0.3, 0.4) is 0 Å². The molecule has 1 amide bonds. The Morgan fingerprint density at radius 2 is 1.20 bits per heavy atom. The second-order valence-electron chi connectivity index (χ2n) is 13.4. The Bertz CT molecular complexity index is 3290. The van der Waals surface area contributed by atoms with Gasteiger partial charge in [-0.15, -0.1) is 22.7 Å². The highest BCUT2D eigenvalue weighted by molar-refractivity contribution is 8.01. The number of hydrogen-bond donors (Lipinski definition) is 2. The maximum absolute atomic E-state index is 12.6. The second-order valence-corrected chi connectivity index (χ2v) is 23.1. The number of fused-ring (bicyclic) bond motifs is 2. The number of anilines is 2. The van der Waals surface area contributed by atoms with E-state index in [9.17, 15) is 22.8 Å². The van der Waals surface area contributed by atoms with Gasteiger partial charge in [-0.25, -0.2) is 33.3 Å². The van der Waals surface area contributed by atoms with Crippen LogP contribution in [0.25, 0.3) is 32.1 Å².